The summed E-state index contributed by atoms with van der Waals surface area (Å²) < 4.78 is 40.7. The van der Waals surface area contributed by atoms with Crippen LogP contribution >= 0.6 is 0 Å². The van der Waals surface area contributed by atoms with E-state index in [1.54, 1.807) is 20.8 Å². The van der Waals surface area contributed by atoms with Crippen LogP contribution in [0.15, 0.2) is 29.2 Å². The van der Waals surface area contributed by atoms with Crippen molar-refractivity contribution in [2.75, 3.05) is 13.1 Å². The third kappa shape index (κ3) is 5.00. The van der Waals surface area contributed by atoms with Crippen LogP contribution in [0.3, 0.4) is 0 Å². The highest BCUT2D eigenvalue weighted by molar-refractivity contribution is 7.89. The van der Waals surface area contributed by atoms with Gasteiger partial charge < -0.3 is 10.0 Å². The second-order valence-electron chi connectivity index (χ2n) is 5.52. The number of halogens is 1. The van der Waals surface area contributed by atoms with Gasteiger partial charge >= 0.3 is 5.97 Å². The molecule has 2 N–H and O–H groups in total. The summed E-state index contributed by atoms with van der Waals surface area (Å²) in [5.74, 6) is -3.26. The first kappa shape index (κ1) is 20.0. The summed E-state index contributed by atoms with van der Waals surface area (Å²) in [7, 11) is -4.27. The number of carboxylic acid groups (broad SMARTS) is 1. The molecule has 0 saturated carbocycles. The molecular weight excluding hydrogens is 339 g/mol. The normalized spacial score (nSPS) is 12.9. The van der Waals surface area contributed by atoms with Crippen molar-refractivity contribution in [3.05, 3.63) is 30.1 Å². The van der Waals surface area contributed by atoms with Gasteiger partial charge in [0.15, 0.2) is 0 Å². The summed E-state index contributed by atoms with van der Waals surface area (Å²) in [4.78, 5) is 23.8. The molecule has 1 aromatic rings. The average Bonchev–Trinajstić information content (AvgIpc) is 2.49. The van der Waals surface area contributed by atoms with Crippen molar-refractivity contribution in [3.8, 4) is 0 Å². The molecule has 1 atom stereocenters. The van der Waals surface area contributed by atoms with E-state index in [0.717, 1.165) is 17.0 Å². The Bertz CT molecular complexity index is 706. The molecule has 0 radical (unpaired) electrons. The third-order valence-corrected chi connectivity index (χ3v) is 4.83. The number of hydrogen-bond acceptors (Lipinski definition) is 4. The number of nitrogens with one attached hydrogen (secondary N) is 1. The monoisotopic (exact) mass is 360 g/mol. The van der Waals surface area contributed by atoms with Crippen LogP contribution in [-0.4, -0.2) is 49.4 Å². The average molecular weight is 360 g/mol. The van der Waals surface area contributed by atoms with Gasteiger partial charge in [-0.05, 0) is 25.0 Å². The van der Waals surface area contributed by atoms with Gasteiger partial charge in [0.1, 0.15) is 23.3 Å². The van der Waals surface area contributed by atoms with E-state index >= 15 is 0 Å². The number of benzene rings is 1. The van der Waals surface area contributed by atoms with Crippen LogP contribution in [-0.2, 0) is 19.6 Å². The Kier molecular flexibility index (Phi) is 6.85. The van der Waals surface area contributed by atoms with E-state index in [1.165, 1.54) is 12.1 Å². The number of carbonyl (C=O) groups is 2. The van der Waals surface area contributed by atoms with Crippen LogP contribution in [0.5, 0.6) is 0 Å². The first-order chi connectivity index (χ1) is 11.1. The van der Waals surface area contributed by atoms with Crippen LogP contribution in [0, 0.1) is 11.7 Å². The molecule has 0 fully saturated rings. The molecule has 0 aromatic heterocycles. The number of rotatable bonds is 8. The molecule has 24 heavy (non-hydrogen) atoms. The zero-order chi connectivity index (χ0) is 18.5. The molecule has 1 amide bonds. The lowest BCUT2D eigenvalue weighted by atomic mass is 10.0. The predicted octanol–water partition coefficient (Wildman–Crippen LogP) is 1.06. The van der Waals surface area contributed by atoms with Gasteiger partial charge in [-0.2, -0.15) is 4.72 Å². The Balaban J connectivity index is 3.11. The highest BCUT2D eigenvalue weighted by Crippen LogP contribution is 2.16. The summed E-state index contributed by atoms with van der Waals surface area (Å²) in [6.45, 7) is 4.38. The Morgan fingerprint density at radius 1 is 1.29 bits per heavy atom. The standard InChI is InChI=1S/C15H21FN2O5S/c1-4-18(9-13(19)20)15(21)14(10(2)3)17-24(22,23)12-8-6-5-7-11(12)16/h5-8,10,14,17H,4,9H2,1-3H3,(H,19,20). The van der Waals surface area contributed by atoms with Gasteiger partial charge in [-0.3, -0.25) is 9.59 Å². The molecule has 0 aliphatic carbocycles. The van der Waals surface area contributed by atoms with Crippen LogP contribution in [0.2, 0.25) is 0 Å². The van der Waals surface area contributed by atoms with E-state index in [9.17, 15) is 22.4 Å². The molecule has 0 spiro atoms. The van der Waals surface area contributed by atoms with Crippen LogP contribution in [0.1, 0.15) is 20.8 Å². The number of hydrogen-bond donors (Lipinski definition) is 2. The first-order valence-electron chi connectivity index (χ1n) is 7.37. The van der Waals surface area contributed by atoms with Gasteiger partial charge in [0, 0.05) is 6.54 Å². The number of likely N-dealkylation sites (N-methyl/N-ethyl adjacent to an activating group) is 1. The quantitative estimate of drug-likeness (QED) is 0.721. The van der Waals surface area contributed by atoms with Gasteiger partial charge in [0.05, 0.1) is 0 Å². The fourth-order valence-corrected chi connectivity index (χ4v) is 3.49. The Morgan fingerprint density at radius 2 is 1.88 bits per heavy atom. The minimum absolute atomic E-state index is 0.107. The number of carbonyl (C=O) groups excluding carboxylic acids is 1. The lowest BCUT2D eigenvalue weighted by molar-refractivity contribution is -0.145. The number of sulfonamides is 1. The van der Waals surface area contributed by atoms with E-state index in [-0.39, 0.29) is 6.54 Å². The van der Waals surface area contributed by atoms with Crippen molar-refractivity contribution < 1.29 is 27.5 Å². The Hall–Kier alpha value is -2.00. The summed E-state index contributed by atoms with van der Waals surface area (Å²) in [5.41, 5.74) is 0. The lowest BCUT2D eigenvalue weighted by Gasteiger charge is -2.27. The molecule has 134 valence electrons. The Labute approximate surface area is 140 Å². The molecule has 0 saturated heterocycles. The van der Waals surface area contributed by atoms with Crippen molar-refractivity contribution in [3.63, 3.8) is 0 Å². The minimum Gasteiger partial charge on any atom is -0.480 e. The molecule has 9 heteroatoms. The lowest BCUT2D eigenvalue weighted by Crippen LogP contribution is -2.52. The second kappa shape index (κ2) is 8.20. The van der Waals surface area contributed by atoms with E-state index in [2.05, 4.69) is 4.72 Å². The van der Waals surface area contributed by atoms with E-state index in [4.69, 9.17) is 5.11 Å². The maximum Gasteiger partial charge on any atom is 0.323 e. The topological polar surface area (TPSA) is 104 Å². The molecule has 0 aliphatic rings. The van der Waals surface area contributed by atoms with Gasteiger partial charge in [0.2, 0.25) is 15.9 Å². The molecule has 1 unspecified atom stereocenters. The highest BCUT2D eigenvalue weighted by Gasteiger charge is 2.32. The maximum absolute atomic E-state index is 13.7. The van der Waals surface area contributed by atoms with E-state index < -0.39 is 51.1 Å². The van der Waals surface area contributed by atoms with Crippen molar-refractivity contribution in [1.82, 2.24) is 9.62 Å². The van der Waals surface area contributed by atoms with E-state index in [1.807, 2.05) is 0 Å². The number of aliphatic carboxylic acids is 1. The predicted molar refractivity (Wildman–Crippen MR) is 85.2 cm³/mol. The summed E-state index contributed by atoms with van der Waals surface area (Å²) >= 11 is 0. The van der Waals surface area contributed by atoms with Gasteiger partial charge in [-0.1, -0.05) is 26.0 Å². The Morgan fingerprint density at radius 3 is 2.33 bits per heavy atom. The highest BCUT2D eigenvalue weighted by atomic mass is 32.2. The van der Waals surface area contributed by atoms with Crippen molar-refractivity contribution in [2.24, 2.45) is 5.92 Å². The molecule has 0 aliphatic heterocycles. The first-order valence-corrected chi connectivity index (χ1v) is 8.86. The smallest absolute Gasteiger partial charge is 0.323 e. The molecule has 1 rings (SSSR count). The van der Waals surface area contributed by atoms with Crippen LogP contribution in [0.25, 0.3) is 0 Å². The maximum atomic E-state index is 13.7. The number of amides is 1. The van der Waals surface area contributed by atoms with Gasteiger partial charge in [-0.25, -0.2) is 12.8 Å². The zero-order valence-corrected chi connectivity index (χ0v) is 14.5. The van der Waals surface area contributed by atoms with Crippen molar-refractivity contribution in [2.45, 2.75) is 31.7 Å². The second-order valence-corrected chi connectivity index (χ2v) is 7.20. The van der Waals surface area contributed by atoms with Gasteiger partial charge in [-0.15, -0.1) is 0 Å². The van der Waals surface area contributed by atoms with Crippen molar-refractivity contribution >= 4 is 21.9 Å². The molecule has 7 nitrogen and oxygen atoms in total. The largest absolute Gasteiger partial charge is 0.480 e. The zero-order valence-electron chi connectivity index (χ0n) is 13.7. The summed E-state index contributed by atoms with van der Waals surface area (Å²) in [6, 6.07) is 3.62. The number of nitrogens with zero attached hydrogens (tertiary/aromatic N) is 1. The fraction of sp³-hybridized carbons (Fsp3) is 0.467. The molecule has 1 aromatic carbocycles. The molecule has 0 heterocycles. The molecular formula is C15H21FN2O5S. The van der Waals surface area contributed by atoms with Gasteiger partial charge in [0.25, 0.3) is 0 Å². The SMILES string of the molecule is CCN(CC(=O)O)C(=O)C(NS(=O)(=O)c1ccccc1F)C(C)C. The third-order valence-electron chi connectivity index (χ3n) is 3.36. The summed E-state index contributed by atoms with van der Waals surface area (Å²) in [6.07, 6.45) is 0. The fourth-order valence-electron chi connectivity index (χ4n) is 2.07. The number of carboxylic acids is 1. The van der Waals surface area contributed by atoms with Crippen LogP contribution in [0.4, 0.5) is 4.39 Å². The van der Waals surface area contributed by atoms with E-state index in [0.29, 0.717) is 0 Å². The summed E-state index contributed by atoms with van der Waals surface area (Å²) in [5, 5.41) is 8.85. The minimum atomic E-state index is -4.27. The van der Waals surface area contributed by atoms with Crippen molar-refractivity contribution in [1.29, 1.82) is 0 Å². The molecule has 0 bridgehead atoms. The van der Waals surface area contributed by atoms with Crippen LogP contribution < -0.4 is 4.72 Å².